The number of nitrogens with zero attached hydrogens (tertiary/aromatic N) is 1. The summed E-state index contributed by atoms with van der Waals surface area (Å²) in [5.74, 6) is 1.19. The van der Waals surface area contributed by atoms with Crippen LogP contribution in [0.1, 0.15) is 11.3 Å². The Balaban J connectivity index is 1.58. The van der Waals surface area contributed by atoms with Crippen LogP contribution in [0.3, 0.4) is 0 Å². The van der Waals surface area contributed by atoms with Crippen LogP contribution in [0.4, 0.5) is 5.69 Å². The van der Waals surface area contributed by atoms with Gasteiger partial charge >= 0.3 is 0 Å². The van der Waals surface area contributed by atoms with Gasteiger partial charge in [-0.3, -0.25) is 4.79 Å². The van der Waals surface area contributed by atoms with Gasteiger partial charge in [0.1, 0.15) is 11.6 Å². The highest BCUT2D eigenvalue weighted by Crippen LogP contribution is 2.25. The molecule has 4 rings (SSSR count). The number of carbonyl (C=O) groups is 1. The Morgan fingerprint density at radius 2 is 2.04 bits per heavy atom. The van der Waals surface area contributed by atoms with E-state index in [0.29, 0.717) is 5.76 Å². The highest BCUT2D eigenvalue weighted by molar-refractivity contribution is 6.02. The average molecular weight is 343 g/mol. The SMILES string of the molecule is Cc1ccc(-c2nc3ccccc3[nH]2)cc1NC(=O)/C=C/c1ccco1. The summed E-state index contributed by atoms with van der Waals surface area (Å²) in [6.45, 7) is 1.95. The molecule has 26 heavy (non-hydrogen) atoms. The lowest BCUT2D eigenvalue weighted by Gasteiger charge is -2.08. The van der Waals surface area contributed by atoms with Gasteiger partial charge in [0.05, 0.1) is 17.3 Å². The molecule has 0 saturated carbocycles. The van der Waals surface area contributed by atoms with Crippen molar-refractivity contribution in [1.82, 2.24) is 9.97 Å². The van der Waals surface area contributed by atoms with Crippen LogP contribution < -0.4 is 5.32 Å². The van der Waals surface area contributed by atoms with Gasteiger partial charge in [0, 0.05) is 17.3 Å². The van der Waals surface area contributed by atoms with Gasteiger partial charge in [0.15, 0.2) is 0 Å². The first-order valence-electron chi connectivity index (χ1n) is 8.27. The van der Waals surface area contributed by atoms with Crippen LogP contribution in [0.2, 0.25) is 0 Å². The number of aromatic nitrogens is 2. The van der Waals surface area contributed by atoms with Gasteiger partial charge in [-0.2, -0.15) is 0 Å². The molecule has 0 unspecified atom stereocenters. The highest BCUT2D eigenvalue weighted by Gasteiger charge is 2.08. The minimum absolute atomic E-state index is 0.216. The molecule has 1 amide bonds. The Hall–Kier alpha value is -3.60. The first-order chi connectivity index (χ1) is 12.7. The number of para-hydroxylation sites is 2. The van der Waals surface area contributed by atoms with Gasteiger partial charge in [-0.05, 0) is 48.9 Å². The molecule has 128 valence electrons. The molecule has 2 N–H and O–H groups in total. The van der Waals surface area contributed by atoms with E-state index in [9.17, 15) is 4.79 Å². The summed E-state index contributed by atoms with van der Waals surface area (Å²) in [5, 5.41) is 2.91. The first kappa shape index (κ1) is 15.9. The molecule has 4 aromatic rings. The highest BCUT2D eigenvalue weighted by atomic mass is 16.3. The molecule has 0 atom stereocenters. The number of H-pyrrole nitrogens is 1. The molecule has 0 aliphatic heterocycles. The quantitative estimate of drug-likeness (QED) is 0.524. The molecule has 0 bridgehead atoms. The third-order valence-corrected chi connectivity index (χ3v) is 4.10. The molecule has 2 aromatic heterocycles. The number of benzene rings is 2. The fraction of sp³-hybridized carbons (Fsp3) is 0.0476. The van der Waals surface area contributed by atoms with E-state index < -0.39 is 0 Å². The second-order valence-corrected chi connectivity index (χ2v) is 5.97. The third kappa shape index (κ3) is 3.28. The Bertz CT molecular complexity index is 1060. The topological polar surface area (TPSA) is 70.9 Å². The monoisotopic (exact) mass is 343 g/mol. The largest absolute Gasteiger partial charge is 0.465 e. The standard InChI is InChI=1S/C21H17N3O2/c1-14-8-9-15(21-23-17-6-2-3-7-18(17)24-21)13-19(14)22-20(25)11-10-16-5-4-12-26-16/h2-13H,1H3,(H,22,25)(H,23,24)/b11-10+. The van der Waals surface area contributed by atoms with Crippen molar-refractivity contribution in [3.05, 3.63) is 78.3 Å². The van der Waals surface area contributed by atoms with E-state index in [0.717, 1.165) is 33.7 Å². The van der Waals surface area contributed by atoms with Crippen molar-refractivity contribution < 1.29 is 9.21 Å². The van der Waals surface area contributed by atoms with Crippen LogP contribution in [-0.4, -0.2) is 15.9 Å². The lowest BCUT2D eigenvalue weighted by atomic mass is 10.1. The molecule has 0 aliphatic carbocycles. The van der Waals surface area contributed by atoms with Crippen LogP contribution >= 0.6 is 0 Å². The molecule has 2 aromatic carbocycles. The van der Waals surface area contributed by atoms with Gasteiger partial charge in [-0.25, -0.2) is 4.98 Å². The van der Waals surface area contributed by atoms with E-state index in [1.54, 1.807) is 24.5 Å². The fourth-order valence-corrected chi connectivity index (χ4v) is 2.71. The number of anilines is 1. The van der Waals surface area contributed by atoms with E-state index >= 15 is 0 Å². The lowest BCUT2D eigenvalue weighted by molar-refractivity contribution is -0.111. The Morgan fingerprint density at radius 3 is 2.85 bits per heavy atom. The number of rotatable bonds is 4. The number of carbonyl (C=O) groups excluding carboxylic acids is 1. The molecule has 5 nitrogen and oxygen atoms in total. The van der Waals surface area contributed by atoms with Crippen molar-refractivity contribution in [2.75, 3.05) is 5.32 Å². The summed E-state index contributed by atoms with van der Waals surface area (Å²) in [6, 6.07) is 17.3. The molecule has 0 saturated heterocycles. The summed E-state index contributed by atoms with van der Waals surface area (Å²) in [6.07, 6.45) is 4.65. The number of hydrogen-bond donors (Lipinski definition) is 2. The van der Waals surface area contributed by atoms with Crippen LogP contribution in [0.15, 0.2) is 71.4 Å². The van der Waals surface area contributed by atoms with Crippen molar-refractivity contribution in [3.8, 4) is 11.4 Å². The minimum Gasteiger partial charge on any atom is -0.465 e. The maximum absolute atomic E-state index is 12.2. The zero-order valence-electron chi connectivity index (χ0n) is 14.2. The summed E-state index contributed by atoms with van der Waals surface area (Å²) in [5.41, 5.74) is 4.53. The number of hydrogen-bond acceptors (Lipinski definition) is 3. The predicted octanol–water partition coefficient (Wildman–Crippen LogP) is 4.78. The van der Waals surface area contributed by atoms with Crippen molar-refractivity contribution in [1.29, 1.82) is 0 Å². The van der Waals surface area contributed by atoms with E-state index in [2.05, 4.69) is 15.3 Å². The van der Waals surface area contributed by atoms with Crippen molar-refractivity contribution in [2.45, 2.75) is 6.92 Å². The van der Waals surface area contributed by atoms with E-state index in [4.69, 9.17) is 4.42 Å². The molecule has 0 spiro atoms. The maximum atomic E-state index is 12.2. The second-order valence-electron chi connectivity index (χ2n) is 5.97. The zero-order chi connectivity index (χ0) is 17.9. The second kappa shape index (κ2) is 6.72. The molecule has 5 heteroatoms. The Labute approximate surface area is 150 Å². The van der Waals surface area contributed by atoms with Crippen LogP contribution in [0.5, 0.6) is 0 Å². The Kier molecular flexibility index (Phi) is 4.11. The van der Waals surface area contributed by atoms with Crippen molar-refractivity contribution >= 4 is 28.7 Å². The van der Waals surface area contributed by atoms with Gasteiger partial charge in [-0.1, -0.05) is 24.3 Å². The van der Waals surface area contributed by atoms with Crippen molar-refractivity contribution in [2.24, 2.45) is 0 Å². The third-order valence-electron chi connectivity index (χ3n) is 4.10. The van der Waals surface area contributed by atoms with Crippen LogP contribution in [0, 0.1) is 6.92 Å². The van der Waals surface area contributed by atoms with Crippen molar-refractivity contribution in [3.63, 3.8) is 0 Å². The van der Waals surface area contributed by atoms with Gasteiger partial charge in [0.25, 0.3) is 0 Å². The smallest absolute Gasteiger partial charge is 0.248 e. The minimum atomic E-state index is -0.216. The summed E-state index contributed by atoms with van der Waals surface area (Å²) < 4.78 is 5.18. The first-order valence-corrected chi connectivity index (χ1v) is 8.27. The maximum Gasteiger partial charge on any atom is 0.248 e. The number of aromatic amines is 1. The van der Waals surface area contributed by atoms with Crippen LogP contribution in [0.25, 0.3) is 28.5 Å². The van der Waals surface area contributed by atoms with Gasteiger partial charge < -0.3 is 14.7 Å². The molecular weight excluding hydrogens is 326 g/mol. The van der Waals surface area contributed by atoms with Gasteiger partial charge in [-0.15, -0.1) is 0 Å². The number of furan rings is 1. The molecule has 2 heterocycles. The van der Waals surface area contributed by atoms with Crippen LogP contribution in [-0.2, 0) is 4.79 Å². The predicted molar refractivity (Wildman–Crippen MR) is 103 cm³/mol. The number of aryl methyl sites for hydroxylation is 1. The zero-order valence-corrected chi connectivity index (χ0v) is 14.2. The molecule has 0 radical (unpaired) electrons. The fourth-order valence-electron chi connectivity index (χ4n) is 2.71. The lowest BCUT2D eigenvalue weighted by Crippen LogP contribution is -2.09. The summed E-state index contributed by atoms with van der Waals surface area (Å²) >= 11 is 0. The Morgan fingerprint density at radius 1 is 1.15 bits per heavy atom. The number of nitrogens with one attached hydrogen (secondary N) is 2. The summed E-state index contributed by atoms with van der Waals surface area (Å²) in [4.78, 5) is 20.1. The van der Waals surface area contributed by atoms with E-state index in [1.807, 2.05) is 49.4 Å². The normalized spacial score (nSPS) is 11.3. The van der Waals surface area contributed by atoms with E-state index in [1.165, 1.54) is 6.08 Å². The average Bonchev–Trinajstić information content (AvgIpc) is 3.31. The number of fused-ring (bicyclic) bond motifs is 1. The molecular formula is C21H17N3O2. The molecule has 0 fully saturated rings. The summed E-state index contributed by atoms with van der Waals surface area (Å²) in [7, 11) is 0. The van der Waals surface area contributed by atoms with E-state index in [-0.39, 0.29) is 5.91 Å². The number of imidazole rings is 1. The molecule has 0 aliphatic rings. The van der Waals surface area contributed by atoms with Gasteiger partial charge in [0.2, 0.25) is 5.91 Å². The number of amides is 1.